The van der Waals surface area contributed by atoms with Crippen LogP contribution in [0.5, 0.6) is 0 Å². The van der Waals surface area contributed by atoms with Gasteiger partial charge in [-0.25, -0.2) is 0 Å². The van der Waals surface area contributed by atoms with Gasteiger partial charge in [-0.1, -0.05) is 24.6 Å². The van der Waals surface area contributed by atoms with Crippen LogP contribution in [0.15, 0.2) is 11.1 Å². The molecule has 1 rings (SSSR count). The third kappa shape index (κ3) is 2.29. The molecule has 1 aliphatic rings. The van der Waals surface area contributed by atoms with Gasteiger partial charge in [0.2, 0.25) is 5.69 Å². The average Bonchev–Trinajstić information content (AvgIpc) is 2.36. The topological polar surface area (TPSA) is 23.5 Å². The molecular formula is C7H12ClNOS. The van der Waals surface area contributed by atoms with Crippen molar-refractivity contribution in [1.82, 2.24) is 4.90 Å². The summed E-state index contributed by atoms with van der Waals surface area (Å²) < 4.78 is 0. The lowest BCUT2D eigenvalue weighted by molar-refractivity contribution is 0.115. The molecule has 1 saturated heterocycles. The molecule has 0 radical (unpaired) electrons. The van der Waals surface area contributed by atoms with Gasteiger partial charge in [0.25, 0.3) is 0 Å². The Balaban J connectivity index is 2.58. The highest BCUT2D eigenvalue weighted by atomic mass is 35.5. The molecule has 4 heteroatoms. The van der Waals surface area contributed by atoms with Crippen LogP contribution in [0.1, 0.15) is 13.3 Å². The average molecular weight is 194 g/mol. The van der Waals surface area contributed by atoms with Crippen molar-refractivity contribution in [3.8, 4) is 0 Å². The predicted molar refractivity (Wildman–Crippen MR) is 49.4 cm³/mol. The largest absolute Gasteiger partial charge is 0.361 e. The molecule has 1 atom stereocenters. The van der Waals surface area contributed by atoms with Gasteiger partial charge in [0.05, 0.1) is 5.03 Å². The van der Waals surface area contributed by atoms with E-state index in [0.29, 0.717) is 0 Å². The molecule has 0 bridgehead atoms. The lowest BCUT2D eigenvalue weighted by Crippen LogP contribution is -2.26. The first-order valence-corrected chi connectivity index (χ1v) is 5.09. The molecule has 0 spiro atoms. The SMILES string of the molecule is CCC=C1SCCN1C(O)Cl. The summed E-state index contributed by atoms with van der Waals surface area (Å²) in [5.41, 5.74) is -0.859. The van der Waals surface area contributed by atoms with E-state index in [9.17, 15) is 0 Å². The maximum atomic E-state index is 9.09. The molecule has 1 heterocycles. The van der Waals surface area contributed by atoms with E-state index >= 15 is 0 Å². The van der Waals surface area contributed by atoms with E-state index in [0.717, 1.165) is 23.7 Å². The molecule has 1 unspecified atom stereocenters. The summed E-state index contributed by atoms with van der Waals surface area (Å²) in [5.74, 6) is 1.02. The van der Waals surface area contributed by atoms with Gasteiger partial charge in [0, 0.05) is 12.3 Å². The third-order valence-corrected chi connectivity index (χ3v) is 2.82. The van der Waals surface area contributed by atoms with E-state index in [1.54, 1.807) is 16.7 Å². The lowest BCUT2D eigenvalue weighted by Gasteiger charge is -2.19. The number of hydrogen-bond acceptors (Lipinski definition) is 3. The van der Waals surface area contributed by atoms with Gasteiger partial charge in [-0.05, 0) is 6.42 Å². The first-order valence-electron chi connectivity index (χ1n) is 3.67. The molecular weight excluding hydrogens is 182 g/mol. The van der Waals surface area contributed by atoms with Crippen LogP contribution in [0.25, 0.3) is 0 Å². The standard InChI is InChI=1S/C7H12ClNOS/c1-2-3-6-9(7(8)10)4-5-11-6/h3,7,10H,2,4-5H2,1H3. The number of halogens is 1. The zero-order valence-electron chi connectivity index (χ0n) is 6.46. The Morgan fingerprint density at radius 2 is 2.64 bits per heavy atom. The molecule has 1 fully saturated rings. The van der Waals surface area contributed by atoms with Gasteiger partial charge in [-0.15, -0.1) is 11.8 Å². The summed E-state index contributed by atoms with van der Waals surface area (Å²) in [7, 11) is 0. The van der Waals surface area contributed by atoms with Crippen molar-refractivity contribution in [2.24, 2.45) is 0 Å². The second kappa shape index (κ2) is 4.24. The summed E-state index contributed by atoms with van der Waals surface area (Å²) in [6, 6.07) is 0. The molecule has 64 valence electrons. The molecule has 0 aromatic heterocycles. The monoisotopic (exact) mass is 193 g/mol. The summed E-state index contributed by atoms with van der Waals surface area (Å²) in [6.07, 6.45) is 3.08. The Bertz CT molecular complexity index is 161. The zero-order valence-corrected chi connectivity index (χ0v) is 8.03. The Morgan fingerprint density at radius 3 is 3.18 bits per heavy atom. The summed E-state index contributed by atoms with van der Waals surface area (Å²) in [4.78, 5) is 1.80. The van der Waals surface area contributed by atoms with Crippen molar-refractivity contribution in [3.05, 3.63) is 11.1 Å². The summed E-state index contributed by atoms with van der Waals surface area (Å²) >= 11 is 7.29. The Labute approximate surface area is 76.2 Å². The zero-order chi connectivity index (χ0) is 8.27. The minimum absolute atomic E-state index is 0.848. The van der Waals surface area contributed by atoms with Gasteiger partial charge < -0.3 is 10.0 Å². The van der Waals surface area contributed by atoms with Crippen LogP contribution in [0, 0.1) is 0 Å². The Morgan fingerprint density at radius 1 is 1.91 bits per heavy atom. The Hall–Kier alpha value is 0.140. The molecule has 0 amide bonds. The van der Waals surface area contributed by atoms with Gasteiger partial charge in [-0.2, -0.15) is 0 Å². The number of aliphatic hydroxyl groups is 1. The quantitative estimate of drug-likeness (QED) is 0.535. The van der Waals surface area contributed by atoms with Crippen LogP contribution in [-0.4, -0.2) is 28.0 Å². The number of allylic oxidation sites excluding steroid dienone is 1. The highest BCUT2D eigenvalue weighted by Crippen LogP contribution is 2.30. The highest BCUT2D eigenvalue weighted by Gasteiger charge is 2.21. The van der Waals surface area contributed by atoms with E-state index in [2.05, 4.69) is 13.0 Å². The lowest BCUT2D eigenvalue weighted by atomic mass is 10.4. The fourth-order valence-corrected chi connectivity index (χ4v) is 2.40. The van der Waals surface area contributed by atoms with Crippen LogP contribution in [0.2, 0.25) is 0 Å². The fraction of sp³-hybridized carbons (Fsp3) is 0.714. The summed E-state index contributed by atoms with van der Waals surface area (Å²) in [6.45, 7) is 2.92. The van der Waals surface area contributed by atoms with Gasteiger partial charge in [0.15, 0.2) is 0 Å². The van der Waals surface area contributed by atoms with Crippen LogP contribution < -0.4 is 0 Å². The van der Waals surface area contributed by atoms with Crippen LogP contribution >= 0.6 is 23.4 Å². The van der Waals surface area contributed by atoms with E-state index in [1.807, 2.05) is 0 Å². The molecule has 0 saturated carbocycles. The molecule has 1 N–H and O–H groups in total. The second-order valence-electron chi connectivity index (χ2n) is 2.30. The van der Waals surface area contributed by atoms with Gasteiger partial charge in [0.1, 0.15) is 0 Å². The third-order valence-electron chi connectivity index (χ3n) is 1.50. The minimum Gasteiger partial charge on any atom is -0.361 e. The van der Waals surface area contributed by atoms with Crippen molar-refractivity contribution in [2.75, 3.05) is 12.3 Å². The number of rotatable bonds is 2. The van der Waals surface area contributed by atoms with Crippen molar-refractivity contribution in [3.63, 3.8) is 0 Å². The maximum Gasteiger partial charge on any atom is 0.206 e. The number of nitrogens with zero attached hydrogens (tertiary/aromatic N) is 1. The van der Waals surface area contributed by atoms with Crippen LogP contribution in [0.4, 0.5) is 0 Å². The second-order valence-corrected chi connectivity index (χ2v) is 3.81. The van der Waals surface area contributed by atoms with Crippen LogP contribution in [0.3, 0.4) is 0 Å². The smallest absolute Gasteiger partial charge is 0.206 e. The fourth-order valence-electron chi connectivity index (χ4n) is 1.00. The molecule has 1 aliphatic heterocycles. The van der Waals surface area contributed by atoms with Gasteiger partial charge >= 0.3 is 0 Å². The molecule has 0 aliphatic carbocycles. The molecule has 11 heavy (non-hydrogen) atoms. The number of thioether (sulfide) groups is 1. The normalized spacial score (nSPS) is 24.6. The van der Waals surface area contributed by atoms with Crippen molar-refractivity contribution in [2.45, 2.75) is 19.0 Å². The highest BCUT2D eigenvalue weighted by molar-refractivity contribution is 8.03. The summed E-state index contributed by atoms with van der Waals surface area (Å²) in [5, 5.41) is 10.2. The first kappa shape index (κ1) is 9.23. The number of hydrogen-bond donors (Lipinski definition) is 1. The maximum absolute atomic E-state index is 9.09. The van der Waals surface area contributed by atoms with E-state index in [4.69, 9.17) is 16.7 Å². The van der Waals surface area contributed by atoms with Gasteiger partial charge in [-0.3, -0.25) is 0 Å². The van der Waals surface area contributed by atoms with E-state index in [1.165, 1.54) is 0 Å². The first-order chi connectivity index (χ1) is 5.25. The number of alkyl halides is 1. The van der Waals surface area contributed by atoms with E-state index in [-0.39, 0.29) is 0 Å². The molecule has 2 nitrogen and oxygen atoms in total. The Kier molecular flexibility index (Phi) is 3.55. The van der Waals surface area contributed by atoms with Crippen molar-refractivity contribution >= 4 is 23.4 Å². The minimum atomic E-state index is -0.859. The van der Waals surface area contributed by atoms with Crippen LogP contribution in [-0.2, 0) is 0 Å². The van der Waals surface area contributed by atoms with E-state index < -0.39 is 5.69 Å². The predicted octanol–water partition coefficient (Wildman–Crippen LogP) is 1.80. The van der Waals surface area contributed by atoms with Crippen molar-refractivity contribution in [1.29, 1.82) is 0 Å². The molecule has 0 aromatic rings. The molecule has 0 aromatic carbocycles. The van der Waals surface area contributed by atoms with Crippen molar-refractivity contribution < 1.29 is 5.11 Å². The number of aliphatic hydroxyl groups excluding tert-OH is 1.